The molecule has 2 saturated carbocycles. The number of phenolic OH excluding ortho intramolecular Hbond substituents is 1. The highest BCUT2D eigenvalue weighted by Gasteiger charge is 2.53. The monoisotopic (exact) mass is 203 g/mol. The molecule has 0 spiro atoms. The van der Waals surface area contributed by atoms with E-state index in [2.05, 4.69) is 0 Å². The van der Waals surface area contributed by atoms with Crippen LogP contribution in [0.4, 0.5) is 0 Å². The molecule has 3 N–H and O–H groups in total. The van der Waals surface area contributed by atoms with Crippen molar-refractivity contribution in [3.05, 3.63) is 29.8 Å². The number of phenols is 1. The molecule has 2 fully saturated rings. The van der Waals surface area contributed by atoms with E-state index in [-0.39, 0.29) is 5.54 Å². The van der Waals surface area contributed by atoms with Crippen molar-refractivity contribution in [3.63, 3.8) is 0 Å². The Morgan fingerprint density at radius 2 is 1.93 bits per heavy atom. The summed E-state index contributed by atoms with van der Waals surface area (Å²) in [5, 5.41) is 9.21. The first-order valence-electron chi connectivity index (χ1n) is 5.75. The molecule has 1 aromatic rings. The van der Waals surface area contributed by atoms with Gasteiger partial charge in [0.15, 0.2) is 0 Å². The molecule has 2 unspecified atom stereocenters. The number of hydrogen-bond acceptors (Lipinski definition) is 2. The Morgan fingerprint density at radius 3 is 2.53 bits per heavy atom. The van der Waals surface area contributed by atoms with Crippen molar-refractivity contribution in [3.8, 4) is 5.75 Å². The molecule has 3 rings (SSSR count). The van der Waals surface area contributed by atoms with Crippen LogP contribution in [-0.2, 0) is 0 Å². The lowest BCUT2D eigenvalue weighted by molar-refractivity contribution is 0.475. The van der Waals surface area contributed by atoms with E-state index in [0.29, 0.717) is 11.7 Å². The smallest absolute Gasteiger partial charge is 0.115 e. The highest BCUT2D eigenvalue weighted by Crippen LogP contribution is 2.55. The molecule has 0 saturated heterocycles. The Labute approximate surface area is 90.1 Å². The van der Waals surface area contributed by atoms with Crippen LogP contribution < -0.4 is 5.73 Å². The molecule has 0 bridgehead atoms. The molecule has 15 heavy (non-hydrogen) atoms. The summed E-state index contributed by atoms with van der Waals surface area (Å²) in [6, 6.07) is 7.51. The molecule has 0 amide bonds. The van der Waals surface area contributed by atoms with Crippen molar-refractivity contribution in [1.82, 2.24) is 0 Å². The third-order valence-corrected chi connectivity index (χ3v) is 3.78. The van der Waals surface area contributed by atoms with Crippen molar-refractivity contribution < 1.29 is 5.11 Å². The van der Waals surface area contributed by atoms with Crippen LogP contribution in [-0.4, -0.2) is 10.6 Å². The zero-order chi connectivity index (χ0) is 10.5. The van der Waals surface area contributed by atoms with Crippen LogP contribution in [0.1, 0.15) is 37.2 Å². The number of aromatic hydroxyl groups is 1. The van der Waals surface area contributed by atoms with E-state index in [9.17, 15) is 5.11 Å². The lowest BCUT2D eigenvalue weighted by Crippen LogP contribution is -2.24. The molecule has 0 radical (unpaired) electrons. The average molecular weight is 203 g/mol. The first-order chi connectivity index (χ1) is 7.17. The highest BCUT2D eigenvalue weighted by atomic mass is 16.3. The van der Waals surface area contributed by atoms with Crippen molar-refractivity contribution in [2.45, 2.75) is 37.1 Å². The number of rotatable bonds is 3. The maximum absolute atomic E-state index is 9.21. The molecule has 0 aliphatic heterocycles. The quantitative estimate of drug-likeness (QED) is 0.792. The third-order valence-electron chi connectivity index (χ3n) is 3.78. The van der Waals surface area contributed by atoms with Gasteiger partial charge in [0.2, 0.25) is 0 Å². The van der Waals surface area contributed by atoms with Gasteiger partial charge in [-0.3, -0.25) is 0 Å². The second-order valence-corrected chi connectivity index (χ2v) is 5.23. The van der Waals surface area contributed by atoms with Gasteiger partial charge in [-0.2, -0.15) is 0 Å². The fourth-order valence-corrected chi connectivity index (χ4v) is 2.56. The molecule has 80 valence electrons. The van der Waals surface area contributed by atoms with Gasteiger partial charge < -0.3 is 10.8 Å². The molecule has 2 heteroatoms. The lowest BCUT2D eigenvalue weighted by Gasteiger charge is -2.10. The van der Waals surface area contributed by atoms with Gasteiger partial charge in [0, 0.05) is 11.5 Å². The van der Waals surface area contributed by atoms with Crippen molar-refractivity contribution >= 4 is 0 Å². The van der Waals surface area contributed by atoms with E-state index in [4.69, 9.17) is 5.73 Å². The summed E-state index contributed by atoms with van der Waals surface area (Å²) in [5.74, 6) is 1.76. The second kappa shape index (κ2) is 2.99. The molecule has 0 aromatic heterocycles. The standard InChI is InChI=1S/C13H17NO/c14-13(7-9-1-2-9)8-12(13)10-3-5-11(15)6-4-10/h3-6,9,12,15H,1-2,7-8,14H2. The van der Waals surface area contributed by atoms with Crippen LogP contribution in [0.5, 0.6) is 5.75 Å². The van der Waals surface area contributed by atoms with Crippen molar-refractivity contribution in [1.29, 1.82) is 0 Å². The van der Waals surface area contributed by atoms with Crippen LogP contribution in [0.2, 0.25) is 0 Å². The maximum atomic E-state index is 9.21. The van der Waals surface area contributed by atoms with Gasteiger partial charge in [-0.05, 0) is 36.5 Å². The summed E-state index contributed by atoms with van der Waals surface area (Å²) in [6.07, 6.45) is 5.06. The first kappa shape index (κ1) is 9.22. The topological polar surface area (TPSA) is 46.2 Å². The van der Waals surface area contributed by atoms with Crippen LogP contribution in [0.15, 0.2) is 24.3 Å². The predicted molar refractivity (Wildman–Crippen MR) is 59.7 cm³/mol. The van der Waals surface area contributed by atoms with Gasteiger partial charge in [-0.25, -0.2) is 0 Å². The Bertz CT molecular complexity index is 369. The summed E-state index contributed by atoms with van der Waals surface area (Å²) in [7, 11) is 0. The van der Waals surface area contributed by atoms with Gasteiger partial charge in [0.05, 0.1) is 0 Å². The van der Waals surface area contributed by atoms with Crippen molar-refractivity contribution in [2.75, 3.05) is 0 Å². The molecular formula is C13H17NO. The molecule has 2 atom stereocenters. The zero-order valence-electron chi connectivity index (χ0n) is 8.82. The van der Waals surface area contributed by atoms with E-state index in [0.717, 1.165) is 12.3 Å². The SMILES string of the molecule is NC1(CC2CC2)CC1c1ccc(O)cc1. The minimum absolute atomic E-state index is 0.0676. The summed E-state index contributed by atoms with van der Waals surface area (Å²) >= 11 is 0. The minimum Gasteiger partial charge on any atom is -0.508 e. The Morgan fingerprint density at radius 1 is 1.27 bits per heavy atom. The Balaban J connectivity index is 1.71. The molecule has 2 aliphatic carbocycles. The third kappa shape index (κ3) is 1.74. The molecule has 2 nitrogen and oxygen atoms in total. The Kier molecular flexibility index (Phi) is 1.84. The van der Waals surface area contributed by atoms with Crippen LogP contribution in [0.25, 0.3) is 0 Å². The number of hydrogen-bond donors (Lipinski definition) is 2. The predicted octanol–water partition coefficient (Wildman–Crippen LogP) is 2.38. The summed E-state index contributed by atoms with van der Waals surface area (Å²) in [5.41, 5.74) is 7.69. The van der Waals surface area contributed by atoms with Gasteiger partial charge >= 0.3 is 0 Å². The van der Waals surface area contributed by atoms with Crippen LogP contribution >= 0.6 is 0 Å². The summed E-state index contributed by atoms with van der Waals surface area (Å²) < 4.78 is 0. The first-order valence-corrected chi connectivity index (χ1v) is 5.75. The van der Waals surface area contributed by atoms with Crippen LogP contribution in [0.3, 0.4) is 0 Å². The normalized spacial score (nSPS) is 34.1. The molecular weight excluding hydrogens is 186 g/mol. The largest absolute Gasteiger partial charge is 0.508 e. The van der Waals surface area contributed by atoms with E-state index in [1.54, 1.807) is 12.1 Å². The minimum atomic E-state index is 0.0676. The van der Waals surface area contributed by atoms with Crippen molar-refractivity contribution in [2.24, 2.45) is 11.7 Å². The van der Waals surface area contributed by atoms with Gasteiger partial charge in [0.25, 0.3) is 0 Å². The average Bonchev–Trinajstić information content (AvgIpc) is 3.09. The zero-order valence-corrected chi connectivity index (χ0v) is 8.82. The van der Waals surface area contributed by atoms with Gasteiger partial charge in [-0.1, -0.05) is 25.0 Å². The summed E-state index contributed by atoms with van der Waals surface area (Å²) in [4.78, 5) is 0. The fraction of sp³-hybridized carbons (Fsp3) is 0.538. The van der Waals surface area contributed by atoms with E-state index in [1.165, 1.54) is 24.8 Å². The molecule has 1 aromatic carbocycles. The maximum Gasteiger partial charge on any atom is 0.115 e. The Hall–Kier alpha value is -1.02. The van der Waals surface area contributed by atoms with E-state index < -0.39 is 0 Å². The molecule has 2 aliphatic rings. The van der Waals surface area contributed by atoms with Crippen LogP contribution in [0, 0.1) is 5.92 Å². The van der Waals surface area contributed by atoms with E-state index >= 15 is 0 Å². The number of nitrogens with two attached hydrogens (primary N) is 1. The highest BCUT2D eigenvalue weighted by molar-refractivity contribution is 5.36. The molecule has 0 heterocycles. The number of benzene rings is 1. The van der Waals surface area contributed by atoms with E-state index in [1.807, 2.05) is 12.1 Å². The second-order valence-electron chi connectivity index (χ2n) is 5.23. The summed E-state index contributed by atoms with van der Waals surface area (Å²) in [6.45, 7) is 0. The van der Waals surface area contributed by atoms with Gasteiger partial charge in [-0.15, -0.1) is 0 Å². The van der Waals surface area contributed by atoms with Gasteiger partial charge in [0.1, 0.15) is 5.75 Å². The lowest BCUT2D eigenvalue weighted by atomic mass is 10.0. The fourth-order valence-electron chi connectivity index (χ4n) is 2.56.